The molecule has 1 amide bonds. The number of halogens is 1. The third-order valence-corrected chi connectivity index (χ3v) is 7.48. The summed E-state index contributed by atoms with van der Waals surface area (Å²) in [5.74, 6) is -1.30. The van der Waals surface area contributed by atoms with Crippen LogP contribution in [0.15, 0.2) is 53.0 Å². The van der Waals surface area contributed by atoms with E-state index < -0.39 is 22.7 Å². The number of amides is 1. The van der Waals surface area contributed by atoms with E-state index in [1.165, 1.54) is 0 Å². The van der Waals surface area contributed by atoms with Crippen molar-refractivity contribution in [2.45, 2.75) is 19.3 Å². The molecule has 0 radical (unpaired) electrons. The summed E-state index contributed by atoms with van der Waals surface area (Å²) in [5, 5.41) is 0. The highest BCUT2D eigenvalue weighted by atomic mass is 79.9. The van der Waals surface area contributed by atoms with Gasteiger partial charge in [-0.05, 0) is 24.6 Å². The van der Waals surface area contributed by atoms with Crippen LogP contribution in [0.1, 0.15) is 35.2 Å². The van der Waals surface area contributed by atoms with Crippen molar-refractivity contribution in [2.75, 3.05) is 26.3 Å². The van der Waals surface area contributed by atoms with Crippen molar-refractivity contribution in [1.82, 2.24) is 4.90 Å². The lowest BCUT2D eigenvalue weighted by Crippen LogP contribution is -2.51. The van der Waals surface area contributed by atoms with E-state index in [0.29, 0.717) is 44.0 Å². The van der Waals surface area contributed by atoms with E-state index in [4.69, 9.17) is 9.47 Å². The van der Waals surface area contributed by atoms with Crippen LogP contribution in [0.2, 0.25) is 0 Å². The van der Waals surface area contributed by atoms with Crippen molar-refractivity contribution in [2.24, 2.45) is 10.8 Å². The smallest absolute Gasteiger partial charge is 0.328 e. The lowest BCUT2D eigenvalue weighted by molar-refractivity contribution is -0.156. The fraction of sp³-hybridized carbons (Fsp3) is 0.375. The Kier molecular flexibility index (Phi) is 4.79. The number of morpholine rings is 1. The lowest BCUT2D eigenvalue weighted by Gasteiger charge is -2.32. The summed E-state index contributed by atoms with van der Waals surface area (Å²) < 4.78 is 11.9. The van der Waals surface area contributed by atoms with E-state index in [-0.39, 0.29) is 11.7 Å². The number of rotatable bonds is 4. The maximum Gasteiger partial charge on any atom is 0.328 e. The number of hydrogen-bond donors (Lipinski definition) is 0. The molecule has 6 nitrogen and oxygen atoms in total. The molecule has 2 fully saturated rings. The third-order valence-electron chi connectivity index (χ3n) is 6.99. The molecule has 2 aromatic rings. The molecule has 0 N–H and O–H groups in total. The largest absolute Gasteiger partial charge is 0.425 e. The van der Waals surface area contributed by atoms with Crippen molar-refractivity contribution < 1.29 is 23.9 Å². The van der Waals surface area contributed by atoms with E-state index in [9.17, 15) is 14.4 Å². The average Bonchev–Trinajstić information content (AvgIpc) is 3.46. The van der Waals surface area contributed by atoms with Crippen LogP contribution >= 0.6 is 15.9 Å². The molecular weight excluding hydrogens is 462 g/mol. The Hall–Kier alpha value is -2.51. The van der Waals surface area contributed by atoms with Crippen LogP contribution in [-0.4, -0.2) is 48.9 Å². The molecule has 2 aliphatic heterocycles. The number of esters is 1. The Morgan fingerprint density at radius 1 is 1.13 bits per heavy atom. The highest BCUT2D eigenvalue weighted by Crippen LogP contribution is 2.80. The Bertz CT molecular complexity index is 1080. The summed E-state index contributed by atoms with van der Waals surface area (Å²) in [6.07, 6.45) is 0.350. The molecule has 2 aromatic carbocycles. The second-order valence-corrected chi connectivity index (χ2v) is 9.15. The predicted octanol–water partition coefficient (Wildman–Crippen LogP) is 3.59. The van der Waals surface area contributed by atoms with Gasteiger partial charge in [0.2, 0.25) is 5.91 Å². The molecule has 1 aliphatic carbocycles. The van der Waals surface area contributed by atoms with Gasteiger partial charge in [0.1, 0.15) is 5.75 Å². The van der Waals surface area contributed by atoms with E-state index in [2.05, 4.69) is 15.9 Å². The highest BCUT2D eigenvalue weighted by molar-refractivity contribution is 9.10. The normalized spacial score (nSPS) is 28.9. The molecule has 0 bridgehead atoms. The minimum Gasteiger partial charge on any atom is -0.425 e. The summed E-state index contributed by atoms with van der Waals surface area (Å²) >= 11 is 3.49. The first-order valence-electron chi connectivity index (χ1n) is 10.5. The minimum atomic E-state index is -1.56. The van der Waals surface area contributed by atoms with Gasteiger partial charge in [0.05, 0.1) is 18.6 Å². The second-order valence-electron chi connectivity index (χ2n) is 8.24. The first-order valence-corrected chi connectivity index (χ1v) is 11.3. The van der Waals surface area contributed by atoms with Crippen molar-refractivity contribution >= 4 is 33.6 Å². The summed E-state index contributed by atoms with van der Waals surface area (Å²) in [6, 6.07) is 14.3. The highest BCUT2D eigenvalue weighted by Gasteiger charge is 2.89. The minimum absolute atomic E-state index is 0.188. The third kappa shape index (κ3) is 2.62. The van der Waals surface area contributed by atoms with Crippen LogP contribution in [0.5, 0.6) is 5.75 Å². The fourth-order valence-electron chi connectivity index (χ4n) is 5.57. The number of ether oxygens (including phenoxy) is 2. The van der Waals surface area contributed by atoms with Crippen LogP contribution < -0.4 is 4.74 Å². The molecular formula is C24H22BrNO5. The maximum absolute atomic E-state index is 13.9. The lowest BCUT2D eigenvalue weighted by atomic mass is 9.82. The van der Waals surface area contributed by atoms with Gasteiger partial charge in [0, 0.05) is 34.6 Å². The summed E-state index contributed by atoms with van der Waals surface area (Å²) in [7, 11) is 0. The van der Waals surface area contributed by atoms with Gasteiger partial charge in [-0.15, -0.1) is 0 Å². The van der Waals surface area contributed by atoms with Crippen LogP contribution in [0.3, 0.4) is 0 Å². The quantitative estimate of drug-likeness (QED) is 0.287. The summed E-state index contributed by atoms with van der Waals surface area (Å²) in [6.45, 7) is 3.49. The van der Waals surface area contributed by atoms with Gasteiger partial charge in [-0.2, -0.15) is 0 Å². The SMILES string of the molecule is CC[C@]1(C(=O)c2ccccc2)[C@H]2c3cc(Br)ccc3OC(=O)[C@]21C(=O)N1CCOCC1. The van der Waals surface area contributed by atoms with Crippen molar-refractivity contribution in [3.05, 3.63) is 64.1 Å². The zero-order valence-electron chi connectivity index (χ0n) is 17.1. The van der Waals surface area contributed by atoms with Gasteiger partial charge in [0.15, 0.2) is 11.2 Å². The summed E-state index contributed by atoms with van der Waals surface area (Å²) in [4.78, 5) is 43.1. The Morgan fingerprint density at radius 3 is 2.52 bits per heavy atom. The molecule has 1 saturated heterocycles. The van der Waals surface area contributed by atoms with Crippen LogP contribution in [0.4, 0.5) is 0 Å². The van der Waals surface area contributed by atoms with Crippen LogP contribution in [-0.2, 0) is 14.3 Å². The Labute approximate surface area is 188 Å². The van der Waals surface area contributed by atoms with Gasteiger partial charge >= 0.3 is 5.97 Å². The molecule has 7 heteroatoms. The molecule has 1 saturated carbocycles. The molecule has 0 spiro atoms. The molecule has 31 heavy (non-hydrogen) atoms. The van der Waals surface area contributed by atoms with E-state index in [0.717, 1.165) is 10.0 Å². The van der Waals surface area contributed by atoms with Gasteiger partial charge in [-0.25, -0.2) is 0 Å². The summed E-state index contributed by atoms with van der Waals surface area (Å²) in [5.41, 5.74) is -1.52. The van der Waals surface area contributed by atoms with Gasteiger partial charge in [-0.3, -0.25) is 14.4 Å². The van der Waals surface area contributed by atoms with E-state index in [1.807, 2.05) is 19.1 Å². The number of benzene rings is 2. The first-order chi connectivity index (χ1) is 15.0. The van der Waals surface area contributed by atoms with Gasteiger partial charge in [-0.1, -0.05) is 53.2 Å². The number of Topliss-reactive ketones (excluding diaryl/α,β-unsaturated/α-hetero) is 1. The zero-order valence-corrected chi connectivity index (χ0v) is 18.7. The molecule has 0 unspecified atom stereocenters. The number of fused-ring (bicyclic) bond motifs is 3. The number of carbonyl (C=O) groups excluding carboxylic acids is 3. The first kappa shape index (κ1) is 20.4. The maximum atomic E-state index is 13.9. The Morgan fingerprint density at radius 2 is 1.84 bits per heavy atom. The van der Waals surface area contributed by atoms with Crippen molar-refractivity contribution in [3.63, 3.8) is 0 Å². The monoisotopic (exact) mass is 483 g/mol. The van der Waals surface area contributed by atoms with Crippen molar-refractivity contribution in [1.29, 1.82) is 0 Å². The molecule has 3 atom stereocenters. The standard InChI is InChI=1S/C24H22BrNO5/c1-2-23(20(27)15-6-4-3-5-7-15)19-17-14-16(25)8-9-18(17)31-22(29)24(19,23)21(28)26-10-12-30-13-11-26/h3-9,14,19H,2,10-13H2,1H3/t19-,23-,24-/m1/s1. The predicted molar refractivity (Wildman–Crippen MR) is 116 cm³/mol. The number of hydrogen-bond acceptors (Lipinski definition) is 5. The fourth-order valence-corrected chi connectivity index (χ4v) is 5.95. The number of carbonyl (C=O) groups is 3. The molecule has 5 rings (SSSR count). The zero-order chi connectivity index (χ0) is 21.8. The number of ketones is 1. The Balaban J connectivity index is 1.71. The molecule has 160 valence electrons. The van der Waals surface area contributed by atoms with E-state index in [1.54, 1.807) is 41.3 Å². The van der Waals surface area contributed by atoms with E-state index >= 15 is 0 Å². The van der Waals surface area contributed by atoms with Crippen LogP contribution in [0.25, 0.3) is 0 Å². The van der Waals surface area contributed by atoms with Gasteiger partial charge in [0.25, 0.3) is 0 Å². The van der Waals surface area contributed by atoms with Crippen LogP contribution in [0, 0.1) is 10.8 Å². The molecule has 0 aromatic heterocycles. The molecule has 3 aliphatic rings. The molecule has 2 heterocycles. The number of nitrogens with zero attached hydrogens (tertiary/aromatic N) is 1. The second kappa shape index (κ2) is 7.28. The average molecular weight is 484 g/mol. The topological polar surface area (TPSA) is 72.9 Å². The van der Waals surface area contributed by atoms with Crippen molar-refractivity contribution in [3.8, 4) is 5.75 Å². The van der Waals surface area contributed by atoms with Gasteiger partial charge < -0.3 is 14.4 Å².